The van der Waals surface area contributed by atoms with E-state index in [-0.39, 0.29) is 13.2 Å². The lowest BCUT2D eigenvalue weighted by Crippen LogP contribution is -2.24. The minimum Gasteiger partial charge on any atom is -0.497 e. The van der Waals surface area contributed by atoms with Crippen LogP contribution >= 0.6 is 0 Å². The van der Waals surface area contributed by atoms with Gasteiger partial charge in [0, 0.05) is 18.8 Å². The first kappa shape index (κ1) is 26.5. The fourth-order valence-corrected chi connectivity index (χ4v) is 3.64. The molecule has 0 atom stereocenters. The normalized spacial score (nSPS) is 11.1. The number of rotatable bonds is 7. The summed E-state index contributed by atoms with van der Waals surface area (Å²) in [6.07, 6.45) is 0.527. The molecule has 4 aromatic rings. The van der Waals surface area contributed by atoms with Crippen molar-refractivity contribution in [3.8, 4) is 11.6 Å². The van der Waals surface area contributed by atoms with Gasteiger partial charge in [-0.1, -0.05) is 12.1 Å². The van der Waals surface area contributed by atoms with Gasteiger partial charge >= 0.3 is 5.97 Å². The molecule has 0 aliphatic heterocycles. The molecule has 0 radical (unpaired) electrons. The fourth-order valence-electron chi connectivity index (χ4n) is 3.64. The molecule has 2 heterocycles. The van der Waals surface area contributed by atoms with Crippen LogP contribution in [0.2, 0.25) is 0 Å². The highest BCUT2D eigenvalue weighted by molar-refractivity contribution is 5.94. The van der Waals surface area contributed by atoms with Crippen molar-refractivity contribution in [3.05, 3.63) is 92.8 Å². The monoisotopic (exact) mass is 537 g/mol. The van der Waals surface area contributed by atoms with E-state index < -0.39 is 74.4 Å². The first-order valence-corrected chi connectivity index (χ1v) is 10.9. The zero-order valence-corrected chi connectivity index (χ0v) is 19.7. The summed E-state index contributed by atoms with van der Waals surface area (Å²) in [5.41, 5.74) is -3.13. The summed E-state index contributed by atoms with van der Waals surface area (Å²) in [6.45, 7) is 1.11. The Morgan fingerprint density at radius 3 is 2.26 bits per heavy atom. The number of hydrogen-bond acceptors (Lipinski definition) is 6. The first-order valence-electron chi connectivity index (χ1n) is 10.9. The molecule has 0 bridgehead atoms. The Balaban J connectivity index is 1.94. The average molecular weight is 537 g/mol. The number of carbonyl (C=O) groups is 1. The minimum atomic E-state index is -2.32. The van der Waals surface area contributed by atoms with Gasteiger partial charge in [0.1, 0.15) is 16.8 Å². The van der Waals surface area contributed by atoms with Crippen LogP contribution in [0.15, 0.2) is 41.3 Å². The number of carbonyl (C=O) groups excluding carboxylic acids is 1. The fraction of sp³-hybridized carbons (Fsp3) is 0.160. The molecule has 0 saturated carbocycles. The molecule has 38 heavy (non-hydrogen) atoms. The number of esters is 1. The van der Waals surface area contributed by atoms with Crippen LogP contribution in [0.4, 0.5) is 32.2 Å². The zero-order valence-electron chi connectivity index (χ0n) is 19.7. The maximum atomic E-state index is 14.9. The molecule has 0 unspecified atom stereocenters. The number of hydrogen-bond donors (Lipinski definition) is 1. The number of ether oxygens (including phenoxy) is 2. The average Bonchev–Trinajstić information content (AvgIpc) is 2.90. The Labute approximate surface area is 210 Å². The lowest BCUT2D eigenvalue weighted by atomic mass is 10.1. The quantitative estimate of drug-likeness (QED) is 0.154. The van der Waals surface area contributed by atoms with Crippen molar-refractivity contribution in [1.29, 1.82) is 0 Å². The summed E-state index contributed by atoms with van der Waals surface area (Å²) >= 11 is 0. The summed E-state index contributed by atoms with van der Waals surface area (Å²) in [5, 5.41) is 1.21. The number of anilines is 1. The molecular weight excluding hydrogens is 520 g/mol. The molecule has 0 amide bonds. The van der Waals surface area contributed by atoms with Crippen molar-refractivity contribution >= 4 is 22.7 Å². The molecule has 2 aromatic heterocycles. The smallest absolute Gasteiger partial charge is 0.343 e. The number of fused-ring (bicyclic) bond motifs is 1. The van der Waals surface area contributed by atoms with Crippen LogP contribution in [0.5, 0.6) is 5.75 Å². The van der Waals surface area contributed by atoms with Crippen LogP contribution in [0, 0.1) is 34.9 Å². The number of halogens is 6. The molecule has 0 aliphatic carbocycles. The van der Waals surface area contributed by atoms with Crippen LogP contribution in [0.25, 0.3) is 16.7 Å². The van der Waals surface area contributed by atoms with E-state index in [1.807, 2.05) is 0 Å². The number of benzene rings is 2. The van der Waals surface area contributed by atoms with Crippen molar-refractivity contribution in [2.24, 2.45) is 0 Å². The van der Waals surface area contributed by atoms with Gasteiger partial charge in [0.25, 0.3) is 0 Å². The Morgan fingerprint density at radius 1 is 0.974 bits per heavy atom. The van der Waals surface area contributed by atoms with Gasteiger partial charge in [-0.15, -0.1) is 0 Å². The van der Waals surface area contributed by atoms with Crippen molar-refractivity contribution in [1.82, 2.24) is 9.55 Å². The number of pyridine rings is 2. The predicted molar refractivity (Wildman–Crippen MR) is 123 cm³/mol. The largest absolute Gasteiger partial charge is 0.497 e. The van der Waals surface area contributed by atoms with Crippen LogP contribution in [-0.4, -0.2) is 29.2 Å². The molecule has 198 valence electrons. The Hall–Kier alpha value is -4.55. The van der Waals surface area contributed by atoms with Gasteiger partial charge in [-0.2, -0.15) is 0 Å². The molecular formula is C25H17F6N3O4. The summed E-state index contributed by atoms with van der Waals surface area (Å²) < 4.78 is 97.3. The highest BCUT2D eigenvalue weighted by atomic mass is 19.2. The highest BCUT2D eigenvalue weighted by Gasteiger charge is 2.29. The van der Waals surface area contributed by atoms with Crippen molar-refractivity contribution in [3.63, 3.8) is 0 Å². The second-order valence-electron chi connectivity index (χ2n) is 7.77. The van der Waals surface area contributed by atoms with Crippen molar-refractivity contribution in [2.45, 2.75) is 13.5 Å². The van der Waals surface area contributed by atoms with E-state index in [1.165, 1.54) is 14.0 Å². The van der Waals surface area contributed by atoms with E-state index in [0.717, 1.165) is 0 Å². The summed E-state index contributed by atoms with van der Waals surface area (Å²) in [6, 6.07) is 6.90. The maximum absolute atomic E-state index is 14.9. The van der Waals surface area contributed by atoms with Gasteiger partial charge in [-0.05, 0) is 24.6 Å². The third-order valence-corrected chi connectivity index (χ3v) is 5.47. The van der Waals surface area contributed by atoms with Gasteiger partial charge in [-0.25, -0.2) is 36.1 Å². The van der Waals surface area contributed by atoms with Gasteiger partial charge < -0.3 is 14.8 Å². The number of nitrogens with one attached hydrogen (secondary N) is 1. The number of nitrogens with zero attached hydrogens (tertiary/aromatic N) is 2. The molecule has 0 saturated heterocycles. The second-order valence-corrected chi connectivity index (χ2v) is 7.77. The molecule has 13 heteroatoms. The standard InChI is InChI=1S/C25H17F6N3O4/c1-3-38-25(36)13-10-34(21-16(22(13)35)17(28)18(29)19(30)20(21)31)24-15(27)8-14(26)23(33-24)32-9-11-4-6-12(37-2)7-5-11/h4-8,10H,3,9H2,1-2H3,(H,32,33). The first-order chi connectivity index (χ1) is 18.1. The van der Waals surface area contributed by atoms with E-state index in [0.29, 0.717) is 28.1 Å². The van der Waals surface area contributed by atoms with Gasteiger partial charge in [0.05, 0.1) is 19.1 Å². The maximum Gasteiger partial charge on any atom is 0.343 e. The molecule has 2 aromatic carbocycles. The van der Waals surface area contributed by atoms with E-state index in [9.17, 15) is 35.9 Å². The van der Waals surface area contributed by atoms with Gasteiger partial charge in [0.2, 0.25) is 5.43 Å². The molecule has 1 N–H and O–H groups in total. The SMILES string of the molecule is CCOC(=O)c1cn(-c2nc(NCc3ccc(OC)cc3)c(F)cc2F)c2c(F)c(F)c(F)c(F)c2c1=O. The van der Waals surface area contributed by atoms with Crippen molar-refractivity contribution in [2.75, 3.05) is 19.0 Å². The summed E-state index contributed by atoms with van der Waals surface area (Å²) in [4.78, 5) is 28.9. The predicted octanol–water partition coefficient (Wildman–Crippen LogP) is 5.02. The van der Waals surface area contributed by atoms with E-state index in [2.05, 4.69) is 10.3 Å². The van der Waals surface area contributed by atoms with E-state index >= 15 is 0 Å². The molecule has 4 rings (SSSR count). The van der Waals surface area contributed by atoms with Crippen LogP contribution in [-0.2, 0) is 11.3 Å². The van der Waals surface area contributed by atoms with E-state index in [4.69, 9.17) is 9.47 Å². The summed E-state index contributed by atoms with van der Waals surface area (Å²) in [5.74, 6) is -13.7. The topological polar surface area (TPSA) is 82.5 Å². The van der Waals surface area contributed by atoms with Crippen molar-refractivity contribution < 1.29 is 40.6 Å². The Bertz CT molecular complexity index is 1620. The lowest BCUT2D eigenvalue weighted by molar-refractivity contribution is 0.0524. The third-order valence-electron chi connectivity index (χ3n) is 5.47. The molecule has 7 nitrogen and oxygen atoms in total. The highest BCUT2D eigenvalue weighted by Crippen LogP contribution is 2.29. The lowest BCUT2D eigenvalue weighted by Gasteiger charge is -2.16. The van der Waals surface area contributed by atoms with E-state index in [1.54, 1.807) is 24.3 Å². The van der Waals surface area contributed by atoms with Crippen LogP contribution in [0.3, 0.4) is 0 Å². The van der Waals surface area contributed by atoms with Gasteiger partial charge in [0.15, 0.2) is 46.5 Å². The summed E-state index contributed by atoms with van der Waals surface area (Å²) in [7, 11) is 1.47. The second kappa shape index (κ2) is 10.4. The molecule has 0 fully saturated rings. The minimum absolute atomic E-state index is 0.0270. The van der Waals surface area contributed by atoms with Gasteiger partial charge in [-0.3, -0.25) is 9.36 Å². The Morgan fingerprint density at radius 2 is 1.63 bits per heavy atom. The van der Waals surface area contributed by atoms with Crippen LogP contribution in [0.1, 0.15) is 22.8 Å². The number of aromatic nitrogens is 2. The Kier molecular flexibility index (Phi) is 7.28. The molecule has 0 spiro atoms. The molecule has 0 aliphatic rings. The zero-order chi connectivity index (χ0) is 27.7. The number of methoxy groups -OCH3 is 1. The van der Waals surface area contributed by atoms with Crippen LogP contribution < -0.4 is 15.5 Å². The third kappa shape index (κ3) is 4.62.